The number of hydrogen-bond acceptors (Lipinski definition) is 6. The third-order valence-corrected chi connectivity index (χ3v) is 6.85. The van der Waals surface area contributed by atoms with E-state index in [9.17, 15) is 19.5 Å². The molecule has 36 heavy (non-hydrogen) atoms. The van der Waals surface area contributed by atoms with Crippen molar-refractivity contribution in [2.75, 3.05) is 11.4 Å². The smallest absolute Gasteiger partial charge is 0.290 e. The van der Waals surface area contributed by atoms with Crippen molar-refractivity contribution in [1.82, 2.24) is 9.88 Å². The first-order valence-electron chi connectivity index (χ1n) is 11.6. The Morgan fingerprint density at radius 2 is 1.83 bits per heavy atom. The second kappa shape index (κ2) is 7.91. The van der Waals surface area contributed by atoms with Gasteiger partial charge in [-0.3, -0.25) is 19.4 Å². The molecule has 0 radical (unpaired) electrons. The van der Waals surface area contributed by atoms with Crippen LogP contribution in [0.1, 0.15) is 28.6 Å². The predicted octanol–water partition coefficient (Wildman–Crippen LogP) is 4.13. The summed E-state index contributed by atoms with van der Waals surface area (Å²) in [7, 11) is 0. The molecule has 0 saturated carbocycles. The minimum absolute atomic E-state index is 0.0364. The van der Waals surface area contributed by atoms with Crippen LogP contribution in [0.2, 0.25) is 0 Å². The number of carbonyl (C=O) groups is 3. The van der Waals surface area contributed by atoms with Crippen molar-refractivity contribution in [3.8, 4) is 0 Å². The van der Waals surface area contributed by atoms with Crippen LogP contribution in [-0.4, -0.2) is 39.1 Å². The van der Waals surface area contributed by atoms with E-state index in [2.05, 4.69) is 4.98 Å². The van der Waals surface area contributed by atoms with Gasteiger partial charge in [-0.1, -0.05) is 42.5 Å². The molecule has 6 rings (SSSR count). The Morgan fingerprint density at radius 3 is 2.58 bits per heavy atom. The molecule has 0 bridgehead atoms. The van der Waals surface area contributed by atoms with Crippen LogP contribution in [0.25, 0.3) is 11.0 Å². The molecule has 2 aliphatic heterocycles. The Balaban J connectivity index is 1.60. The standard InChI is InChI=1S/C28H21N3O5/c1-2-30-20-11-5-4-10-19(20)28(27(30)35)23(24(32)22-14-18-9-3-6-12-21(18)36-22)25(33)26(34)31(28)16-17-8-7-13-29-15-17/h3-15,33H,2,16H2,1H3. The van der Waals surface area contributed by atoms with Crippen LogP contribution in [0, 0.1) is 0 Å². The SMILES string of the molecule is CCN1C(=O)C2(C(C(=O)c3cc4ccccc4o3)=C(O)C(=O)N2Cc2cccnc2)c2ccccc21. The fraction of sp³-hybridized carbons (Fsp3) is 0.143. The molecule has 2 amide bonds. The first kappa shape index (κ1) is 21.8. The molecular weight excluding hydrogens is 458 g/mol. The van der Waals surface area contributed by atoms with E-state index in [1.165, 1.54) is 9.80 Å². The number of fused-ring (bicyclic) bond motifs is 3. The maximum atomic E-state index is 14.2. The molecule has 4 aromatic rings. The average Bonchev–Trinajstić information content (AvgIpc) is 3.51. The van der Waals surface area contributed by atoms with Crippen LogP contribution < -0.4 is 4.90 Å². The molecule has 1 N–H and O–H groups in total. The summed E-state index contributed by atoms with van der Waals surface area (Å²) < 4.78 is 5.80. The van der Waals surface area contributed by atoms with E-state index in [1.54, 1.807) is 73.1 Å². The van der Waals surface area contributed by atoms with E-state index in [0.717, 1.165) is 0 Å². The van der Waals surface area contributed by atoms with Crippen LogP contribution in [0.4, 0.5) is 5.69 Å². The van der Waals surface area contributed by atoms with Gasteiger partial charge in [-0.2, -0.15) is 0 Å². The third kappa shape index (κ3) is 2.81. The zero-order valence-electron chi connectivity index (χ0n) is 19.3. The molecule has 2 aliphatic rings. The van der Waals surface area contributed by atoms with E-state index in [0.29, 0.717) is 34.3 Å². The van der Waals surface area contributed by atoms with Crippen LogP contribution in [-0.2, 0) is 21.7 Å². The summed E-state index contributed by atoms with van der Waals surface area (Å²) in [5, 5.41) is 11.9. The van der Waals surface area contributed by atoms with Gasteiger partial charge in [0.1, 0.15) is 5.58 Å². The van der Waals surface area contributed by atoms with E-state index >= 15 is 0 Å². The van der Waals surface area contributed by atoms with Crippen molar-refractivity contribution in [2.24, 2.45) is 0 Å². The fourth-order valence-electron chi connectivity index (χ4n) is 5.30. The number of aromatic nitrogens is 1. The monoisotopic (exact) mass is 479 g/mol. The number of furan rings is 1. The van der Waals surface area contributed by atoms with Gasteiger partial charge in [-0.15, -0.1) is 0 Å². The summed E-state index contributed by atoms with van der Waals surface area (Å²) in [5.41, 5.74) is 0.0234. The Kier molecular flexibility index (Phi) is 4.79. The number of anilines is 1. The molecule has 178 valence electrons. The second-order valence-corrected chi connectivity index (χ2v) is 8.73. The minimum Gasteiger partial charge on any atom is -0.503 e. The number of benzene rings is 2. The quantitative estimate of drug-likeness (QED) is 0.432. The predicted molar refractivity (Wildman–Crippen MR) is 131 cm³/mol. The highest BCUT2D eigenvalue weighted by molar-refractivity contribution is 6.26. The highest BCUT2D eigenvalue weighted by Crippen LogP contribution is 2.53. The minimum atomic E-state index is -1.85. The summed E-state index contributed by atoms with van der Waals surface area (Å²) in [6.07, 6.45) is 3.19. The molecule has 1 unspecified atom stereocenters. The summed E-state index contributed by atoms with van der Waals surface area (Å²) in [4.78, 5) is 48.7. The topological polar surface area (TPSA) is 104 Å². The molecule has 1 atom stereocenters. The van der Waals surface area contributed by atoms with Gasteiger partial charge < -0.3 is 19.3 Å². The van der Waals surface area contributed by atoms with Crippen molar-refractivity contribution >= 4 is 34.3 Å². The van der Waals surface area contributed by atoms with E-state index < -0.39 is 28.9 Å². The van der Waals surface area contributed by atoms with Gasteiger partial charge in [0.15, 0.2) is 17.1 Å². The van der Waals surface area contributed by atoms with Crippen molar-refractivity contribution < 1.29 is 23.9 Å². The lowest BCUT2D eigenvalue weighted by molar-refractivity contribution is -0.140. The Hall–Kier alpha value is -4.72. The van der Waals surface area contributed by atoms with Crippen molar-refractivity contribution in [2.45, 2.75) is 19.0 Å². The van der Waals surface area contributed by atoms with Gasteiger partial charge in [0.05, 0.1) is 11.3 Å². The highest BCUT2D eigenvalue weighted by Gasteiger charge is 2.65. The summed E-state index contributed by atoms with van der Waals surface area (Å²) in [6, 6.07) is 19.2. The highest BCUT2D eigenvalue weighted by atomic mass is 16.3. The normalized spacial score (nSPS) is 19.1. The van der Waals surface area contributed by atoms with Gasteiger partial charge >= 0.3 is 0 Å². The van der Waals surface area contributed by atoms with Gasteiger partial charge in [-0.25, -0.2) is 0 Å². The number of carbonyl (C=O) groups excluding carboxylic acids is 3. The van der Waals surface area contributed by atoms with Gasteiger partial charge in [0.2, 0.25) is 5.78 Å². The zero-order valence-corrected chi connectivity index (χ0v) is 19.3. The number of amides is 2. The first-order valence-corrected chi connectivity index (χ1v) is 11.6. The Morgan fingerprint density at radius 1 is 1.06 bits per heavy atom. The van der Waals surface area contributed by atoms with Crippen LogP contribution in [0.5, 0.6) is 0 Å². The number of hydrogen-bond donors (Lipinski definition) is 1. The Labute approximate surface area is 206 Å². The largest absolute Gasteiger partial charge is 0.503 e. The maximum absolute atomic E-state index is 14.2. The van der Waals surface area contributed by atoms with Crippen molar-refractivity contribution in [3.63, 3.8) is 0 Å². The van der Waals surface area contributed by atoms with Crippen LogP contribution >= 0.6 is 0 Å². The van der Waals surface area contributed by atoms with E-state index in [-0.39, 0.29) is 17.9 Å². The summed E-state index contributed by atoms with van der Waals surface area (Å²) in [6.45, 7) is 2.10. The van der Waals surface area contributed by atoms with E-state index in [4.69, 9.17) is 4.42 Å². The first-order chi connectivity index (χ1) is 17.5. The van der Waals surface area contributed by atoms with Crippen LogP contribution in [0.15, 0.2) is 94.9 Å². The lowest BCUT2D eigenvalue weighted by atomic mass is 9.81. The molecule has 8 heteroatoms. The third-order valence-electron chi connectivity index (χ3n) is 6.85. The summed E-state index contributed by atoms with van der Waals surface area (Å²) >= 11 is 0. The van der Waals surface area contributed by atoms with Gasteiger partial charge in [-0.05, 0) is 36.8 Å². The molecule has 2 aromatic heterocycles. The maximum Gasteiger partial charge on any atom is 0.290 e. The zero-order chi connectivity index (χ0) is 25.0. The number of Topliss-reactive ketones (excluding diaryl/α,β-unsaturated/α-hetero) is 1. The van der Waals surface area contributed by atoms with E-state index in [1.807, 2.05) is 13.0 Å². The van der Waals surface area contributed by atoms with Crippen molar-refractivity contribution in [1.29, 1.82) is 0 Å². The van der Waals surface area contributed by atoms with Gasteiger partial charge in [0, 0.05) is 36.4 Å². The number of likely N-dealkylation sites (N-methyl/N-ethyl adjacent to an activating group) is 1. The molecule has 4 heterocycles. The number of pyridine rings is 1. The lowest BCUT2D eigenvalue weighted by Gasteiger charge is -2.35. The molecule has 0 aliphatic carbocycles. The molecule has 0 fully saturated rings. The second-order valence-electron chi connectivity index (χ2n) is 8.73. The van der Waals surface area contributed by atoms with Gasteiger partial charge in [0.25, 0.3) is 11.8 Å². The number of aliphatic hydroxyl groups excluding tert-OH is 1. The number of aliphatic hydroxyl groups is 1. The van der Waals surface area contributed by atoms with Crippen molar-refractivity contribution in [3.05, 3.63) is 107 Å². The Bertz CT molecular complexity index is 1560. The number of rotatable bonds is 5. The number of nitrogens with zero attached hydrogens (tertiary/aromatic N) is 3. The molecule has 0 saturated heterocycles. The number of ketones is 1. The molecular formula is C28H21N3O5. The fourth-order valence-corrected chi connectivity index (χ4v) is 5.30. The molecule has 1 spiro atoms. The van der Waals surface area contributed by atoms with Crippen LogP contribution in [0.3, 0.4) is 0 Å². The molecule has 8 nitrogen and oxygen atoms in total. The molecule has 2 aromatic carbocycles. The summed E-state index contributed by atoms with van der Waals surface area (Å²) in [5.74, 6) is -2.82. The number of para-hydroxylation sites is 2. The lowest BCUT2D eigenvalue weighted by Crippen LogP contribution is -2.53. The average molecular weight is 479 g/mol.